The zero-order chi connectivity index (χ0) is 25.3. The number of carbonyl (C=O) groups is 2. The van der Waals surface area contributed by atoms with E-state index in [9.17, 15) is 9.59 Å². The number of hydrogen-bond acceptors (Lipinski definition) is 2. The first kappa shape index (κ1) is 25.5. The number of carbonyl (C=O) groups excluding carboxylic acids is 2. The molecule has 1 unspecified atom stereocenters. The van der Waals surface area contributed by atoms with Crippen molar-refractivity contribution in [2.75, 3.05) is 0 Å². The molecule has 0 saturated heterocycles. The summed E-state index contributed by atoms with van der Waals surface area (Å²) in [4.78, 5) is 28.7. The van der Waals surface area contributed by atoms with Crippen molar-refractivity contribution in [2.24, 2.45) is 11.8 Å². The quantitative estimate of drug-likeness (QED) is 0.278. The number of pyridine rings is 1. The van der Waals surface area contributed by atoms with Crippen molar-refractivity contribution in [1.29, 1.82) is 0 Å². The summed E-state index contributed by atoms with van der Waals surface area (Å²) in [7, 11) is 0. The predicted molar refractivity (Wildman–Crippen MR) is 147 cm³/mol. The molecule has 2 heterocycles. The second-order valence-electron chi connectivity index (χ2n) is 11.7. The number of benzene rings is 1. The Labute approximate surface area is 220 Å². The molecule has 0 amide bonds. The topological polar surface area (TPSA) is 43.2 Å². The van der Waals surface area contributed by atoms with E-state index in [1.165, 1.54) is 12.8 Å². The van der Waals surface area contributed by atoms with Crippen LogP contribution in [-0.4, -0.2) is 29.7 Å². The van der Waals surface area contributed by atoms with Crippen LogP contribution < -0.4 is 8.88 Å². The zero-order valence-corrected chi connectivity index (χ0v) is 24.0. The van der Waals surface area contributed by atoms with Gasteiger partial charge in [0, 0.05) is 0 Å². The number of imidazole rings is 1. The fourth-order valence-electron chi connectivity index (χ4n) is 6.23. The Kier molecular flexibility index (Phi) is 7.54. The molecule has 5 heteroatoms. The van der Waals surface area contributed by atoms with E-state index < -0.39 is 14.7 Å². The van der Waals surface area contributed by atoms with Crippen molar-refractivity contribution in [3.63, 3.8) is 0 Å². The van der Waals surface area contributed by atoms with Crippen molar-refractivity contribution in [3.8, 4) is 11.3 Å². The molecule has 0 aliphatic heterocycles. The van der Waals surface area contributed by atoms with Crippen LogP contribution in [0.2, 0.25) is 4.20 Å². The summed E-state index contributed by atoms with van der Waals surface area (Å²) in [6, 6.07) is 16.5. The minimum atomic E-state index is -2.31. The molecule has 0 radical (unpaired) electrons. The van der Waals surface area contributed by atoms with E-state index in [0.717, 1.165) is 72.8 Å². The van der Waals surface area contributed by atoms with E-state index in [0.29, 0.717) is 4.57 Å². The van der Waals surface area contributed by atoms with E-state index in [1.54, 1.807) is 0 Å². The molecule has 2 aliphatic carbocycles. The van der Waals surface area contributed by atoms with E-state index in [2.05, 4.69) is 49.6 Å². The van der Waals surface area contributed by atoms with Crippen molar-refractivity contribution < 1.29 is 14.0 Å². The Morgan fingerprint density at radius 3 is 2.00 bits per heavy atom. The molecule has 0 N–H and O–H groups in total. The third-order valence-electron chi connectivity index (χ3n) is 8.01. The van der Waals surface area contributed by atoms with Gasteiger partial charge >= 0.3 is 221 Å². The molecule has 1 atom stereocenters. The molecule has 2 aliphatic rings. The van der Waals surface area contributed by atoms with Crippen LogP contribution in [0.1, 0.15) is 89.8 Å². The molecule has 4 nitrogen and oxygen atoms in total. The van der Waals surface area contributed by atoms with Gasteiger partial charge in [-0.2, -0.15) is 0 Å². The summed E-state index contributed by atoms with van der Waals surface area (Å²) in [5.41, 5.74) is 2.92. The molecule has 190 valence electrons. The Bertz CT molecular complexity index is 1230. The fraction of sp³-hybridized carbons (Fsp3) is 0.516. The van der Waals surface area contributed by atoms with Crippen molar-refractivity contribution in [1.82, 2.24) is 4.57 Å². The Hall–Kier alpha value is -2.19. The zero-order valence-electron chi connectivity index (χ0n) is 22.1. The minimum absolute atomic E-state index is 0.0510. The monoisotopic (exact) mass is 547 g/mol. The van der Waals surface area contributed by atoms with Crippen LogP contribution in [0.15, 0.2) is 54.7 Å². The van der Waals surface area contributed by atoms with Gasteiger partial charge < -0.3 is 0 Å². The van der Waals surface area contributed by atoms with Gasteiger partial charge in [-0.1, -0.05) is 0 Å². The van der Waals surface area contributed by atoms with Gasteiger partial charge in [0.15, 0.2) is 0 Å². The van der Waals surface area contributed by atoms with Crippen molar-refractivity contribution >= 4 is 35.3 Å². The molecule has 2 saturated carbocycles. The van der Waals surface area contributed by atoms with Gasteiger partial charge in [0.2, 0.25) is 0 Å². The number of rotatable bonds is 5. The molecule has 36 heavy (non-hydrogen) atoms. The average molecular weight is 548 g/mol. The van der Waals surface area contributed by atoms with E-state index in [-0.39, 0.29) is 21.9 Å². The average Bonchev–Trinajstić information content (AvgIpc) is 3.23. The number of fused-ring (bicyclic) bond motifs is 1. The molecule has 1 aromatic carbocycles. The van der Waals surface area contributed by atoms with Gasteiger partial charge in [-0.25, -0.2) is 0 Å². The number of aromatic nitrogens is 2. The maximum absolute atomic E-state index is 14.4. The molecule has 2 fully saturated rings. The number of nitrogens with zero attached hydrogens (tertiary/aromatic N) is 2. The second kappa shape index (κ2) is 10.7. The SMILES string of the molecule is CC(C)(C)[As](C(=O)C1CCCCC1)c1c(-c2ccccc2)n(C(=O)C2CCCCC2)c2cccc[n+]12. The summed E-state index contributed by atoms with van der Waals surface area (Å²) in [6.45, 7) is 6.74. The fourth-order valence-corrected chi connectivity index (χ4v) is 12.4. The van der Waals surface area contributed by atoms with Crippen LogP contribution in [-0.2, 0) is 4.79 Å². The Morgan fingerprint density at radius 1 is 0.806 bits per heavy atom. The maximum atomic E-state index is 14.4. The van der Waals surface area contributed by atoms with Crippen molar-refractivity contribution in [2.45, 2.75) is 89.2 Å². The van der Waals surface area contributed by atoms with Crippen LogP contribution in [0.25, 0.3) is 16.9 Å². The second-order valence-corrected chi connectivity index (χ2v) is 17.7. The van der Waals surface area contributed by atoms with Crippen LogP contribution in [0.3, 0.4) is 0 Å². The standard InChI is InChI=1S/C31H40AsN2O2/c1-31(2,3)32(29(35)24-17-9-5-10-18-24)28-27(23-15-7-4-8-16-23)34(26-21-13-14-22-33(26)28)30(36)25-19-11-6-12-20-25/h4,7-8,13-16,21-22,24-25H,5-6,9-12,17-20H2,1-3H3/q+1. The molecule has 3 aromatic rings. The van der Waals surface area contributed by atoms with Crippen LogP contribution in [0.4, 0.5) is 0 Å². The molecular weight excluding hydrogens is 507 g/mol. The molecule has 0 bridgehead atoms. The predicted octanol–water partition coefficient (Wildman–Crippen LogP) is 6.30. The summed E-state index contributed by atoms with van der Waals surface area (Å²) in [6.07, 6.45) is 13.1. The molecular formula is C31H40AsN2O2+. The van der Waals surface area contributed by atoms with Crippen LogP contribution >= 0.6 is 0 Å². The van der Waals surface area contributed by atoms with Crippen LogP contribution in [0.5, 0.6) is 0 Å². The van der Waals surface area contributed by atoms with Crippen molar-refractivity contribution in [3.05, 3.63) is 54.7 Å². The van der Waals surface area contributed by atoms with E-state index in [1.807, 2.05) is 34.9 Å². The van der Waals surface area contributed by atoms with Gasteiger partial charge in [-0.15, -0.1) is 0 Å². The summed E-state index contributed by atoms with van der Waals surface area (Å²) < 4.78 is 5.70. The third-order valence-corrected chi connectivity index (χ3v) is 14.3. The summed E-state index contributed by atoms with van der Waals surface area (Å²) in [5.74, 6) is 0.421. The normalized spacial score (nSPS) is 18.9. The summed E-state index contributed by atoms with van der Waals surface area (Å²) >= 11 is -2.31. The van der Waals surface area contributed by atoms with Gasteiger partial charge in [0.05, 0.1) is 0 Å². The molecule has 0 spiro atoms. The first-order chi connectivity index (χ1) is 17.4. The van der Waals surface area contributed by atoms with Gasteiger partial charge in [-0.05, 0) is 0 Å². The van der Waals surface area contributed by atoms with Gasteiger partial charge in [0.1, 0.15) is 0 Å². The third kappa shape index (κ3) is 4.86. The van der Waals surface area contributed by atoms with Gasteiger partial charge in [-0.3, -0.25) is 0 Å². The first-order valence-corrected chi connectivity index (χ1v) is 16.7. The Balaban J connectivity index is 1.78. The Morgan fingerprint density at radius 2 is 1.39 bits per heavy atom. The van der Waals surface area contributed by atoms with Crippen LogP contribution in [0, 0.1) is 11.8 Å². The first-order valence-electron chi connectivity index (χ1n) is 13.9. The molecule has 5 rings (SSSR count). The van der Waals surface area contributed by atoms with E-state index >= 15 is 0 Å². The molecule has 2 aromatic heterocycles. The van der Waals surface area contributed by atoms with E-state index in [4.69, 9.17) is 0 Å². The van der Waals surface area contributed by atoms with Gasteiger partial charge in [0.25, 0.3) is 0 Å². The number of hydrogen-bond donors (Lipinski definition) is 0. The summed E-state index contributed by atoms with van der Waals surface area (Å²) in [5, 5.41) is 0.